The normalized spacial score (nSPS) is 13.0. The van der Waals surface area contributed by atoms with Crippen LogP contribution in [-0.2, 0) is 0 Å². The van der Waals surface area contributed by atoms with Gasteiger partial charge in [-0.3, -0.25) is 9.67 Å². The Bertz CT molecular complexity index is 774. The molecule has 21 heavy (non-hydrogen) atoms. The maximum absolute atomic E-state index is 6.55. The number of nitrogens with two attached hydrogens (primary N) is 1. The fourth-order valence-corrected chi connectivity index (χ4v) is 3.12. The molecule has 1 aromatic carbocycles. The van der Waals surface area contributed by atoms with Crippen LogP contribution in [0.2, 0.25) is 0 Å². The molecule has 0 spiro atoms. The van der Waals surface area contributed by atoms with Crippen molar-refractivity contribution < 1.29 is 0 Å². The number of rotatable bonds is 3. The molecule has 0 aliphatic heterocycles. The quantitative estimate of drug-likeness (QED) is 0.785. The molecule has 0 radical (unpaired) electrons. The Morgan fingerprint density at radius 3 is 2.76 bits per heavy atom. The molecule has 0 bridgehead atoms. The maximum Gasteiger partial charge on any atom is 0.0742 e. The first-order valence-corrected chi connectivity index (χ1v) is 7.71. The molecule has 2 heterocycles. The average molecular weight is 345 g/mol. The van der Waals surface area contributed by atoms with Crippen LogP contribution < -0.4 is 5.73 Å². The van der Waals surface area contributed by atoms with Gasteiger partial charge in [0, 0.05) is 17.6 Å². The first-order chi connectivity index (χ1) is 10.1. The summed E-state index contributed by atoms with van der Waals surface area (Å²) in [6.45, 7) is 4.20. The van der Waals surface area contributed by atoms with Crippen molar-refractivity contribution in [2.45, 2.75) is 25.9 Å². The van der Waals surface area contributed by atoms with E-state index in [1.54, 1.807) is 12.4 Å². The second-order valence-electron chi connectivity index (χ2n) is 5.31. The van der Waals surface area contributed by atoms with Crippen molar-refractivity contribution in [2.75, 3.05) is 0 Å². The smallest absolute Gasteiger partial charge is 0.0742 e. The topological polar surface area (TPSA) is 56.7 Å². The van der Waals surface area contributed by atoms with Gasteiger partial charge in [0.2, 0.25) is 0 Å². The lowest BCUT2D eigenvalue weighted by atomic mass is 9.99. The molecule has 3 aromatic rings. The van der Waals surface area contributed by atoms with Gasteiger partial charge in [0.1, 0.15) is 0 Å². The molecule has 0 aliphatic carbocycles. The lowest BCUT2D eigenvalue weighted by molar-refractivity contribution is 0.499. The third-order valence-corrected chi connectivity index (χ3v) is 4.20. The summed E-state index contributed by atoms with van der Waals surface area (Å²) < 4.78 is 2.90. The van der Waals surface area contributed by atoms with E-state index < -0.39 is 0 Å². The molecule has 1 atom stereocenters. The minimum atomic E-state index is -0.253. The Labute approximate surface area is 132 Å². The highest BCUT2D eigenvalue weighted by molar-refractivity contribution is 9.10. The van der Waals surface area contributed by atoms with E-state index in [4.69, 9.17) is 5.73 Å². The minimum Gasteiger partial charge on any atom is -0.319 e. The Balaban J connectivity index is 2.17. The fraction of sp³-hybridized carbons (Fsp3) is 0.250. The van der Waals surface area contributed by atoms with Gasteiger partial charge >= 0.3 is 0 Å². The van der Waals surface area contributed by atoms with Gasteiger partial charge in [-0.2, -0.15) is 5.10 Å². The van der Waals surface area contributed by atoms with Crippen LogP contribution in [0.15, 0.2) is 47.2 Å². The number of fused-ring (bicyclic) bond motifs is 1. The number of hydrogen-bond donors (Lipinski definition) is 1. The van der Waals surface area contributed by atoms with Crippen molar-refractivity contribution in [2.24, 2.45) is 5.73 Å². The first kappa shape index (κ1) is 14.2. The molecule has 108 valence electrons. The van der Waals surface area contributed by atoms with E-state index in [9.17, 15) is 0 Å². The molecule has 1 unspecified atom stereocenters. The average Bonchev–Trinajstić information content (AvgIpc) is 2.88. The largest absolute Gasteiger partial charge is 0.319 e. The van der Waals surface area contributed by atoms with Crippen molar-refractivity contribution in [3.63, 3.8) is 0 Å². The van der Waals surface area contributed by atoms with Crippen molar-refractivity contribution in [3.05, 3.63) is 58.5 Å². The zero-order valence-electron chi connectivity index (χ0n) is 12.0. The van der Waals surface area contributed by atoms with Gasteiger partial charge in [0.25, 0.3) is 0 Å². The van der Waals surface area contributed by atoms with Gasteiger partial charge in [-0.05, 0) is 47.5 Å². The Morgan fingerprint density at radius 2 is 2.00 bits per heavy atom. The Morgan fingerprint density at radius 1 is 1.19 bits per heavy atom. The third kappa shape index (κ3) is 2.47. The molecule has 0 saturated carbocycles. The fourth-order valence-electron chi connectivity index (χ4n) is 2.60. The molecule has 2 aromatic heterocycles. The molecular weight excluding hydrogens is 328 g/mol. The minimum absolute atomic E-state index is 0.253. The van der Waals surface area contributed by atoms with E-state index in [1.807, 2.05) is 22.9 Å². The summed E-state index contributed by atoms with van der Waals surface area (Å²) in [5, 5.41) is 5.50. The van der Waals surface area contributed by atoms with Crippen LogP contribution in [0.4, 0.5) is 0 Å². The predicted molar refractivity (Wildman–Crippen MR) is 88.1 cm³/mol. The predicted octanol–water partition coefficient (Wildman–Crippen LogP) is 3.82. The highest BCUT2D eigenvalue weighted by atomic mass is 79.9. The van der Waals surface area contributed by atoms with Crippen LogP contribution in [0.1, 0.15) is 37.2 Å². The number of hydrogen-bond acceptors (Lipinski definition) is 3. The second-order valence-corrected chi connectivity index (χ2v) is 6.17. The van der Waals surface area contributed by atoms with Crippen molar-refractivity contribution in [1.29, 1.82) is 0 Å². The summed E-state index contributed by atoms with van der Waals surface area (Å²) >= 11 is 3.57. The van der Waals surface area contributed by atoms with Gasteiger partial charge in [-0.15, -0.1) is 0 Å². The molecule has 0 fully saturated rings. The molecule has 0 saturated heterocycles. The van der Waals surface area contributed by atoms with Crippen molar-refractivity contribution in [3.8, 4) is 0 Å². The van der Waals surface area contributed by atoms with E-state index >= 15 is 0 Å². The number of nitrogens with zero attached hydrogens (tertiary/aromatic N) is 3. The molecule has 4 nitrogen and oxygen atoms in total. The monoisotopic (exact) mass is 344 g/mol. The van der Waals surface area contributed by atoms with Gasteiger partial charge in [0.05, 0.1) is 27.9 Å². The van der Waals surface area contributed by atoms with Crippen LogP contribution in [0.25, 0.3) is 10.9 Å². The van der Waals surface area contributed by atoms with Crippen LogP contribution in [-0.4, -0.2) is 14.8 Å². The summed E-state index contributed by atoms with van der Waals surface area (Å²) in [6, 6.07) is 10.0. The summed E-state index contributed by atoms with van der Waals surface area (Å²) in [6.07, 6.45) is 3.60. The zero-order chi connectivity index (χ0) is 15.0. The van der Waals surface area contributed by atoms with Crippen LogP contribution in [0.3, 0.4) is 0 Å². The first-order valence-electron chi connectivity index (χ1n) is 6.91. The number of pyridine rings is 1. The molecule has 2 N–H and O–H groups in total. The van der Waals surface area contributed by atoms with Gasteiger partial charge in [0.15, 0.2) is 0 Å². The Kier molecular flexibility index (Phi) is 3.78. The van der Waals surface area contributed by atoms with E-state index in [1.165, 1.54) is 0 Å². The molecular formula is C16H17BrN4. The van der Waals surface area contributed by atoms with Gasteiger partial charge in [-0.1, -0.05) is 18.2 Å². The van der Waals surface area contributed by atoms with Crippen LogP contribution in [0, 0.1) is 0 Å². The zero-order valence-corrected chi connectivity index (χ0v) is 13.6. The molecule has 0 aliphatic rings. The van der Waals surface area contributed by atoms with Gasteiger partial charge in [-0.25, -0.2) is 0 Å². The molecule has 0 amide bonds. The van der Waals surface area contributed by atoms with Crippen molar-refractivity contribution >= 4 is 26.8 Å². The molecule has 5 heteroatoms. The number of aromatic nitrogens is 3. The van der Waals surface area contributed by atoms with Gasteiger partial charge < -0.3 is 5.73 Å². The van der Waals surface area contributed by atoms with Crippen molar-refractivity contribution in [1.82, 2.24) is 14.8 Å². The standard InChI is InChI=1S/C16H17BrN4/c1-10(2)21-16(13(17)9-20-21)15(18)12-5-3-7-14-11(12)6-4-8-19-14/h3-10,15H,18H2,1-2H3. The third-order valence-electron chi connectivity index (χ3n) is 3.59. The van der Waals surface area contributed by atoms with E-state index in [2.05, 4.69) is 52.0 Å². The maximum atomic E-state index is 6.55. The highest BCUT2D eigenvalue weighted by Crippen LogP contribution is 2.31. The summed E-state index contributed by atoms with van der Waals surface area (Å²) in [5.74, 6) is 0. The summed E-state index contributed by atoms with van der Waals surface area (Å²) in [7, 11) is 0. The molecule has 3 rings (SSSR count). The second kappa shape index (κ2) is 5.58. The summed E-state index contributed by atoms with van der Waals surface area (Å²) in [4.78, 5) is 4.40. The number of benzene rings is 1. The lowest BCUT2D eigenvalue weighted by Crippen LogP contribution is -2.19. The van der Waals surface area contributed by atoms with E-state index in [0.29, 0.717) is 0 Å². The van der Waals surface area contributed by atoms with Crippen LogP contribution >= 0.6 is 15.9 Å². The summed E-state index contributed by atoms with van der Waals surface area (Å²) in [5.41, 5.74) is 9.55. The SMILES string of the molecule is CC(C)n1ncc(Br)c1C(N)c1cccc2ncccc12. The van der Waals surface area contributed by atoms with Crippen LogP contribution in [0.5, 0.6) is 0 Å². The van der Waals surface area contributed by atoms with E-state index in [0.717, 1.165) is 26.6 Å². The number of halogens is 1. The van der Waals surface area contributed by atoms with E-state index in [-0.39, 0.29) is 12.1 Å². The highest BCUT2D eigenvalue weighted by Gasteiger charge is 2.21. The Hall–Kier alpha value is -1.72. The lowest BCUT2D eigenvalue weighted by Gasteiger charge is -2.19.